The third kappa shape index (κ3) is 18.0. The molecule has 2 aromatic carbocycles. The third-order valence-electron chi connectivity index (χ3n) is 12.8. The Morgan fingerprint density at radius 3 is 2.15 bits per heavy atom. The van der Waals surface area contributed by atoms with Crippen molar-refractivity contribution in [1.82, 2.24) is 57.5 Å². The van der Waals surface area contributed by atoms with Crippen molar-refractivity contribution in [2.24, 2.45) is 22.2 Å². The van der Waals surface area contributed by atoms with E-state index in [-0.39, 0.29) is 70.4 Å². The summed E-state index contributed by atoms with van der Waals surface area (Å²) in [5.74, 6) is -7.85. The Morgan fingerprint density at radius 2 is 1.47 bits per heavy atom. The van der Waals surface area contributed by atoms with E-state index in [0.717, 1.165) is 10.9 Å². The molecule has 1 fully saturated rings. The smallest absolute Gasteiger partial charge is 0.243 e. The van der Waals surface area contributed by atoms with E-state index >= 15 is 0 Å². The monoisotopic (exact) mass is 1040 g/mol. The molecule has 4 aromatic rings. The third-order valence-corrected chi connectivity index (χ3v) is 12.8. The Bertz CT molecular complexity index is 2620. The number of rotatable bonds is 17. The number of H-pyrrole nitrogens is 2. The molecule has 0 spiro atoms. The quantitative estimate of drug-likeness (QED) is 0.0355. The second kappa shape index (κ2) is 28.8. The highest BCUT2D eigenvalue weighted by atomic mass is 16.2. The van der Waals surface area contributed by atoms with Crippen LogP contribution in [-0.4, -0.2) is 129 Å². The van der Waals surface area contributed by atoms with Crippen LogP contribution in [0.4, 0.5) is 0 Å². The van der Waals surface area contributed by atoms with E-state index in [9.17, 15) is 43.2 Å². The number of nitrogens with zero attached hydrogens (tertiary/aromatic N) is 2. The van der Waals surface area contributed by atoms with Crippen LogP contribution in [0.2, 0.25) is 0 Å². The van der Waals surface area contributed by atoms with Crippen molar-refractivity contribution in [2.75, 3.05) is 13.1 Å². The number of nitrogens with one attached hydrogen (secondary N) is 10. The number of fused-ring (bicyclic) bond motifs is 1. The number of carbonyl (C=O) groups is 9. The van der Waals surface area contributed by atoms with Crippen LogP contribution in [0.5, 0.6) is 0 Å². The van der Waals surface area contributed by atoms with Crippen molar-refractivity contribution in [3.63, 3.8) is 0 Å². The number of guanidine groups is 1. The lowest BCUT2D eigenvalue weighted by atomic mass is 9.91. The van der Waals surface area contributed by atoms with Gasteiger partial charge in [-0.05, 0) is 55.7 Å². The highest BCUT2D eigenvalue weighted by Gasteiger charge is 2.37. The van der Waals surface area contributed by atoms with Gasteiger partial charge in [0.2, 0.25) is 53.2 Å². The molecule has 1 aliphatic heterocycles. The molecule has 1 saturated heterocycles. The summed E-state index contributed by atoms with van der Waals surface area (Å²) in [6.45, 7) is 4.98. The average Bonchev–Trinajstić information content (AvgIpc) is 4.06. The lowest BCUT2D eigenvalue weighted by molar-refractivity contribution is -0.136. The van der Waals surface area contributed by atoms with Crippen molar-refractivity contribution in [3.05, 3.63) is 90.1 Å². The maximum atomic E-state index is 14.8. The molecular weight excluding hydrogens is 967 g/mol. The van der Waals surface area contributed by atoms with Crippen LogP contribution in [0.25, 0.3) is 10.9 Å². The van der Waals surface area contributed by atoms with Gasteiger partial charge in [0.15, 0.2) is 5.96 Å². The van der Waals surface area contributed by atoms with Gasteiger partial charge in [0, 0.05) is 67.8 Å². The molecule has 9 amide bonds. The first-order valence-electron chi connectivity index (χ1n) is 25.2. The van der Waals surface area contributed by atoms with Gasteiger partial charge < -0.3 is 69.7 Å². The lowest BCUT2D eigenvalue weighted by Crippen LogP contribution is -2.61. The standard InChI is InChI=1S/C51H71N15O9/c1-4-5-17-37(60-30(3)67)45(70)65-41-25-42(68)56-21-12-11-19-36(44(52)69)61-50(75)43(29(2)34-27-58-35-18-10-9-16-33(34)35)66-46(71)38(20-13-22-57-51(53)54)62-47(72)39(23-31-14-7-6-8-15-31)63-48(73)40(64-49(41)74)24-32-26-55-28-59-32/h6-10,14-16,18,26-29,36-41,43,58H,4-5,11-13,17,19-25H2,1-3H3,(H2,52,69)(H,55,59)(H,56,68)(H,60,67)(H,61,75)(H,62,72)(H,63,73)(H,64,74)(H,65,70)(H,66,71)(H4,53,54,57)/t29-,36+,37+,38+,39-,40+,41+,43+/m1/s1. The van der Waals surface area contributed by atoms with E-state index in [4.69, 9.17) is 17.2 Å². The van der Waals surface area contributed by atoms with Gasteiger partial charge >= 0.3 is 0 Å². The van der Waals surface area contributed by atoms with Crippen LogP contribution < -0.4 is 59.7 Å². The van der Waals surface area contributed by atoms with Crippen molar-refractivity contribution < 1.29 is 43.2 Å². The second-order valence-electron chi connectivity index (χ2n) is 18.6. The van der Waals surface area contributed by atoms with Crippen LogP contribution in [-0.2, 0) is 56.0 Å². The van der Waals surface area contributed by atoms with Crippen LogP contribution in [0.15, 0.2) is 78.3 Å². The van der Waals surface area contributed by atoms with E-state index in [2.05, 4.69) is 62.5 Å². The number of hydrogen-bond donors (Lipinski definition) is 13. The molecule has 16 N–H and O–H groups in total. The van der Waals surface area contributed by atoms with Crippen molar-refractivity contribution in [1.29, 1.82) is 0 Å². The molecule has 24 heteroatoms. The number of aromatic amines is 2. The minimum atomic E-state index is -1.58. The Balaban J connectivity index is 1.57. The van der Waals surface area contributed by atoms with Gasteiger partial charge in [-0.1, -0.05) is 75.2 Å². The molecule has 0 unspecified atom stereocenters. The fraction of sp³-hybridized carbons (Fsp3) is 0.471. The molecule has 0 radical (unpaired) electrons. The van der Waals surface area contributed by atoms with Crippen molar-refractivity contribution >= 4 is 70.0 Å². The first-order valence-corrected chi connectivity index (χ1v) is 25.2. The van der Waals surface area contributed by atoms with Crippen LogP contribution >= 0.6 is 0 Å². The number of imidazole rings is 1. The first kappa shape index (κ1) is 57.6. The summed E-state index contributed by atoms with van der Waals surface area (Å²) in [5.41, 5.74) is 19.5. The number of aromatic nitrogens is 3. The zero-order valence-electron chi connectivity index (χ0n) is 42.5. The number of primary amides is 1. The number of amides is 9. The summed E-state index contributed by atoms with van der Waals surface area (Å²) in [5, 5.41) is 22.5. The number of para-hydroxylation sites is 1. The summed E-state index contributed by atoms with van der Waals surface area (Å²) < 4.78 is 0. The second-order valence-corrected chi connectivity index (χ2v) is 18.6. The first-order chi connectivity index (χ1) is 35.9. The number of benzene rings is 2. The predicted molar refractivity (Wildman–Crippen MR) is 278 cm³/mol. The topological polar surface area (TPSA) is 385 Å². The van der Waals surface area contributed by atoms with Gasteiger partial charge in [-0.15, -0.1) is 0 Å². The number of unbranched alkanes of at least 4 members (excludes halogenated alkanes) is 1. The fourth-order valence-corrected chi connectivity index (χ4v) is 8.71. The maximum Gasteiger partial charge on any atom is 0.243 e. The molecule has 0 saturated carbocycles. The highest BCUT2D eigenvalue weighted by Crippen LogP contribution is 2.28. The number of carbonyl (C=O) groups excluding carboxylic acids is 9. The van der Waals surface area contributed by atoms with Crippen LogP contribution in [0, 0.1) is 0 Å². The van der Waals surface area contributed by atoms with Crippen molar-refractivity contribution in [2.45, 2.75) is 140 Å². The zero-order chi connectivity index (χ0) is 54.4. The molecule has 5 rings (SSSR count). The van der Waals surface area contributed by atoms with Gasteiger partial charge in [-0.2, -0.15) is 0 Å². The summed E-state index contributed by atoms with van der Waals surface area (Å²) in [6.07, 6.45) is 5.77. The van der Waals surface area contributed by atoms with Crippen LogP contribution in [0.1, 0.15) is 101 Å². The summed E-state index contributed by atoms with van der Waals surface area (Å²) in [7, 11) is 0. The van der Waals surface area contributed by atoms with E-state index in [1.54, 1.807) is 43.5 Å². The molecule has 3 heterocycles. The SMILES string of the molecule is CCCC[C@H](NC(C)=O)C(=O)N[C@H]1CC(=O)NCCCC[C@@H](C(N)=O)NC(=O)[C@H]([C@H](C)c2c[nH]c3ccccc23)NC(=O)[C@H](CCCN=C(N)N)NC(=O)[C@@H](Cc2ccccc2)NC(=O)[C@H](Cc2cnc[nH]2)NC1=O. The molecule has 75 heavy (non-hydrogen) atoms. The summed E-state index contributed by atoms with van der Waals surface area (Å²) in [6, 6.07) is 6.64. The van der Waals surface area contributed by atoms with Gasteiger partial charge in [0.05, 0.1) is 12.7 Å². The fourth-order valence-electron chi connectivity index (χ4n) is 8.71. The molecule has 8 atom stereocenters. The van der Waals surface area contributed by atoms with Crippen molar-refractivity contribution in [3.8, 4) is 0 Å². The Labute approximate surface area is 434 Å². The Kier molecular flexibility index (Phi) is 22.1. The van der Waals surface area contributed by atoms with E-state index in [1.807, 2.05) is 31.2 Å². The molecular formula is C51H71N15O9. The Hall–Kier alpha value is -8.31. The van der Waals surface area contributed by atoms with Gasteiger partial charge in [0.25, 0.3) is 0 Å². The minimum Gasteiger partial charge on any atom is -0.370 e. The van der Waals surface area contributed by atoms with E-state index < -0.39 is 108 Å². The molecule has 404 valence electrons. The van der Waals surface area contributed by atoms with E-state index in [0.29, 0.717) is 29.7 Å². The number of hydrogen-bond acceptors (Lipinski definition) is 11. The molecule has 24 nitrogen and oxygen atoms in total. The zero-order valence-corrected chi connectivity index (χ0v) is 42.5. The molecule has 0 bridgehead atoms. The lowest BCUT2D eigenvalue weighted by Gasteiger charge is -2.29. The average molecular weight is 1040 g/mol. The molecule has 1 aliphatic rings. The highest BCUT2D eigenvalue weighted by molar-refractivity contribution is 5.99. The molecule has 2 aromatic heterocycles. The van der Waals surface area contributed by atoms with Gasteiger partial charge in [-0.3, -0.25) is 48.1 Å². The largest absolute Gasteiger partial charge is 0.370 e. The predicted octanol–water partition coefficient (Wildman–Crippen LogP) is -0.687. The summed E-state index contributed by atoms with van der Waals surface area (Å²) in [4.78, 5) is 140. The number of nitrogens with two attached hydrogens (primary N) is 3. The van der Waals surface area contributed by atoms with Crippen LogP contribution in [0.3, 0.4) is 0 Å². The number of aliphatic imine (C=N–C) groups is 1. The maximum absolute atomic E-state index is 14.8. The van der Waals surface area contributed by atoms with Gasteiger partial charge in [0.1, 0.15) is 42.3 Å². The summed E-state index contributed by atoms with van der Waals surface area (Å²) >= 11 is 0. The van der Waals surface area contributed by atoms with Gasteiger partial charge in [-0.25, -0.2) is 4.98 Å². The normalized spacial score (nSPS) is 21.6. The van der Waals surface area contributed by atoms with E-state index in [1.165, 1.54) is 19.4 Å². The molecule has 0 aliphatic carbocycles. The minimum absolute atomic E-state index is 0.0352. The Morgan fingerprint density at radius 1 is 0.787 bits per heavy atom.